The molecule has 0 aromatic heterocycles. The fourth-order valence-corrected chi connectivity index (χ4v) is 6.75. The smallest absolute Gasteiger partial charge is 0.331 e. The molecule has 0 aromatic carbocycles. The molecule has 9 nitrogen and oxygen atoms in total. The molecular weight excluding hydrogens is 372 g/mol. The molecule has 28 heavy (non-hydrogen) atoms. The van der Waals surface area contributed by atoms with Crippen LogP contribution in [0.2, 0.25) is 0 Å². The van der Waals surface area contributed by atoms with Crippen LogP contribution in [0, 0.1) is 16.7 Å². The number of rotatable bonds is 2. The van der Waals surface area contributed by atoms with Crippen LogP contribution in [0.15, 0.2) is 11.6 Å². The summed E-state index contributed by atoms with van der Waals surface area (Å²) in [4.78, 5) is 25.3. The average molecular weight is 394 g/mol. The topological polar surface area (TPSA) is 138 Å². The second kappa shape index (κ2) is 4.46. The van der Waals surface area contributed by atoms with Gasteiger partial charge < -0.3 is 34.3 Å². The molecule has 4 aliphatic heterocycles. The minimum Gasteiger partial charge on any atom is -0.459 e. The maximum Gasteiger partial charge on any atom is 0.331 e. The summed E-state index contributed by atoms with van der Waals surface area (Å²) in [6.45, 7) is 4.32. The fourth-order valence-electron chi connectivity index (χ4n) is 6.75. The predicted octanol–water partition coefficient (Wildman–Crippen LogP) is -1.57. The Balaban J connectivity index is 1.58. The summed E-state index contributed by atoms with van der Waals surface area (Å²) in [7, 11) is 0. The Kier molecular flexibility index (Phi) is 2.77. The lowest BCUT2D eigenvalue weighted by atomic mass is 9.46. The van der Waals surface area contributed by atoms with Gasteiger partial charge in [0.15, 0.2) is 11.7 Å². The Morgan fingerprint density at radius 3 is 2.54 bits per heavy atom. The van der Waals surface area contributed by atoms with Crippen molar-refractivity contribution in [3.05, 3.63) is 11.6 Å². The van der Waals surface area contributed by atoms with Crippen LogP contribution in [-0.2, 0) is 28.5 Å². The molecule has 6 rings (SSSR count). The molecule has 152 valence electrons. The summed E-state index contributed by atoms with van der Waals surface area (Å²) in [5.74, 6) is -1.62. The van der Waals surface area contributed by atoms with Gasteiger partial charge >= 0.3 is 11.9 Å². The number of ether oxygens (including phenoxy) is 4. The molecule has 4 heterocycles. The van der Waals surface area contributed by atoms with Gasteiger partial charge in [-0.2, -0.15) is 0 Å². The van der Waals surface area contributed by atoms with E-state index in [0.717, 1.165) is 0 Å². The first-order chi connectivity index (χ1) is 13.0. The first-order valence-corrected chi connectivity index (χ1v) is 9.53. The average Bonchev–Trinajstić information content (AvgIpc) is 3.53. The van der Waals surface area contributed by atoms with Crippen molar-refractivity contribution in [2.45, 2.75) is 68.6 Å². The van der Waals surface area contributed by atoms with Gasteiger partial charge in [-0.1, -0.05) is 6.92 Å². The third-order valence-electron chi connectivity index (χ3n) is 8.10. The van der Waals surface area contributed by atoms with Crippen molar-refractivity contribution in [1.82, 2.24) is 0 Å². The lowest BCUT2D eigenvalue weighted by Crippen LogP contribution is -2.68. The number of carbonyl (C=O) groups excluding carboxylic acids is 2. The number of cyclic esters (lactones) is 1. The molecule has 0 bridgehead atoms. The normalized spacial score (nSPS) is 59.5. The molecule has 9 heteroatoms. The van der Waals surface area contributed by atoms with E-state index in [1.807, 2.05) is 6.92 Å². The highest BCUT2D eigenvalue weighted by molar-refractivity contribution is 5.88. The van der Waals surface area contributed by atoms with Crippen LogP contribution in [-0.4, -0.2) is 81.7 Å². The summed E-state index contributed by atoms with van der Waals surface area (Å²) < 4.78 is 23.0. The number of epoxide rings is 2. The molecule has 2 aliphatic carbocycles. The maximum absolute atomic E-state index is 12.9. The number of fused-ring (bicyclic) bond motifs is 4. The third-order valence-corrected chi connectivity index (χ3v) is 8.10. The van der Waals surface area contributed by atoms with E-state index in [1.165, 1.54) is 13.0 Å². The van der Waals surface area contributed by atoms with E-state index in [2.05, 4.69) is 0 Å². The van der Waals surface area contributed by atoms with Crippen LogP contribution < -0.4 is 0 Å². The van der Waals surface area contributed by atoms with Crippen LogP contribution >= 0.6 is 0 Å². The Morgan fingerprint density at radius 2 is 1.86 bits per heavy atom. The SMILES string of the molecule is CC12C(=O)O[C@@H]3[C@H]4O[C@@]45C(=CC(=O)O[C@@H]5[C@](C)(O)CO)[C@@](C)([C@@H]4O[C@@H]4[C@@H]1O)[C@@H]32. The maximum atomic E-state index is 12.9. The van der Waals surface area contributed by atoms with Crippen molar-refractivity contribution in [3.63, 3.8) is 0 Å². The van der Waals surface area contributed by atoms with Crippen LogP contribution in [0.3, 0.4) is 0 Å². The Labute approximate surface area is 160 Å². The number of aliphatic hydroxyl groups is 3. The second-order valence-electron chi connectivity index (χ2n) is 9.60. The van der Waals surface area contributed by atoms with Crippen molar-refractivity contribution >= 4 is 11.9 Å². The largest absolute Gasteiger partial charge is 0.459 e. The molecule has 1 spiro atoms. The summed E-state index contributed by atoms with van der Waals surface area (Å²) in [5.41, 5.74) is -4.37. The minimum absolute atomic E-state index is 0.406. The van der Waals surface area contributed by atoms with Gasteiger partial charge in [-0.05, 0) is 19.4 Å². The Hall–Kier alpha value is -1.52. The number of esters is 2. The second-order valence-corrected chi connectivity index (χ2v) is 9.60. The highest BCUT2D eigenvalue weighted by Gasteiger charge is 2.89. The number of aliphatic hydroxyl groups excluding tert-OH is 2. The molecule has 1 unspecified atom stereocenters. The molecule has 6 aliphatic rings. The summed E-state index contributed by atoms with van der Waals surface area (Å²) in [5, 5.41) is 31.3. The van der Waals surface area contributed by atoms with E-state index in [0.29, 0.717) is 5.57 Å². The summed E-state index contributed by atoms with van der Waals surface area (Å²) in [6.07, 6.45) is -3.06. The monoisotopic (exact) mass is 394 g/mol. The zero-order chi connectivity index (χ0) is 20.0. The molecule has 3 N–H and O–H groups in total. The van der Waals surface area contributed by atoms with Crippen LogP contribution in [0.5, 0.6) is 0 Å². The van der Waals surface area contributed by atoms with Gasteiger partial charge in [-0.3, -0.25) is 4.79 Å². The molecule has 0 radical (unpaired) electrons. The van der Waals surface area contributed by atoms with Crippen molar-refractivity contribution in [2.24, 2.45) is 16.7 Å². The minimum atomic E-state index is -1.75. The Bertz CT molecular complexity index is 865. The van der Waals surface area contributed by atoms with Crippen molar-refractivity contribution in [1.29, 1.82) is 0 Å². The first-order valence-electron chi connectivity index (χ1n) is 9.53. The zero-order valence-electron chi connectivity index (χ0n) is 15.6. The van der Waals surface area contributed by atoms with Gasteiger partial charge in [0.2, 0.25) is 0 Å². The molecule has 2 saturated carbocycles. The number of hydrogen-bond acceptors (Lipinski definition) is 9. The van der Waals surface area contributed by atoms with E-state index >= 15 is 0 Å². The number of hydrogen-bond donors (Lipinski definition) is 3. The van der Waals surface area contributed by atoms with Crippen molar-refractivity contribution < 1.29 is 43.9 Å². The van der Waals surface area contributed by atoms with Gasteiger partial charge in [-0.15, -0.1) is 0 Å². The van der Waals surface area contributed by atoms with Crippen molar-refractivity contribution in [3.8, 4) is 0 Å². The lowest BCUT2D eigenvalue weighted by Gasteiger charge is -2.54. The van der Waals surface area contributed by atoms with Gasteiger partial charge in [0, 0.05) is 17.4 Å². The third kappa shape index (κ3) is 1.51. The first kappa shape index (κ1) is 17.3. The van der Waals surface area contributed by atoms with E-state index in [9.17, 15) is 24.9 Å². The van der Waals surface area contributed by atoms with Gasteiger partial charge in [0.1, 0.15) is 29.3 Å². The molecule has 0 amide bonds. The summed E-state index contributed by atoms with van der Waals surface area (Å²) >= 11 is 0. The molecule has 3 saturated heterocycles. The van der Waals surface area contributed by atoms with Crippen LogP contribution in [0.25, 0.3) is 0 Å². The highest BCUT2D eigenvalue weighted by Crippen LogP contribution is 2.75. The van der Waals surface area contributed by atoms with E-state index < -0.39 is 83.1 Å². The molecule has 0 aromatic rings. The molecular formula is C19H22O9. The van der Waals surface area contributed by atoms with Gasteiger partial charge in [-0.25, -0.2) is 4.79 Å². The fraction of sp³-hybridized carbons (Fsp3) is 0.789. The van der Waals surface area contributed by atoms with Crippen LogP contribution in [0.4, 0.5) is 0 Å². The van der Waals surface area contributed by atoms with E-state index in [-0.39, 0.29) is 0 Å². The number of carbonyl (C=O) groups is 2. The van der Waals surface area contributed by atoms with E-state index in [1.54, 1.807) is 6.92 Å². The summed E-state index contributed by atoms with van der Waals surface area (Å²) in [6, 6.07) is 0. The molecule has 5 fully saturated rings. The quantitative estimate of drug-likeness (QED) is 0.374. The van der Waals surface area contributed by atoms with Crippen molar-refractivity contribution in [2.75, 3.05) is 6.61 Å². The standard InChI is InChI=1S/C19H22O9/c1-16(24,5-20)14-19-6(4-7(21)25-14)17(2)10-8(13(19)28-19)27-15(23)18(10,3)11(22)9-12(17)26-9/h4,8-14,20,22,24H,5H2,1-3H3/t8-,9+,10+,11-,12+,13+,14+,16+,17+,18?,19-/m0/s1. The van der Waals surface area contributed by atoms with Gasteiger partial charge in [0.25, 0.3) is 0 Å². The lowest BCUT2D eigenvalue weighted by molar-refractivity contribution is -0.178. The molecule has 11 atom stereocenters. The zero-order valence-corrected chi connectivity index (χ0v) is 15.6. The van der Waals surface area contributed by atoms with Gasteiger partial charge in [0.05, 0.1) is 18.8 Å². The highest BCUT2D eigenvalue weighted by atomic mass is 16.7. The van der Waals surface area contributed by atoms with E-state index in [4.69, 9.17) is 18.9 Å². The predicted molar refractivity (Wildman–Crippen MR) is 87.5 cm³/mol. The van der Waals surface area contributed by atoms with Crippen LogP contribution in [0.1, 0.15) is 20.8 Å². The Morgan fingerprint density at radius 1 is 1.14 bits per heavy atom.